The molecule has 27 heavy (non-hydrogen) atoms. The highest BCUT2D eigenvalue weighted by Gasteiger charge is 2.42. The van der Waals surface area contributed by atoms with Crippen LogP contribution in [-0.2, 0) is 20.7 Å². The largest absolute Gasteiger partial charge is 0.497 e. The predicted octanol–water partition coefficient (Wildman–Crippen LogP) is 1.97. The van der Waals surface area contributed by atoms with Gasteiger partial charge in [-0.15, -0.1) is 0 Å². The van der Waals surface area contributed by atoms with Crippen LogP contribution in [0.15, 0.2) is 24.3 Å². The molecule has 0 saturated heterocycles. The third-order valence-electron chi connectivity index (χ3n) is 5.47. The summed E-state index contributed by atoms with van der Waals surface area (Å²) < 4.78 is 10.6. The number of carbonyl (C=O) groups is 2. The van der Waals surface area contributed by atoms with Crippen molar-refractivity contribution in [2.24, 2.45) is 5.41 Å². The molecule has 1 unspecified atom stereocenters. The second-order valence-electron chi connectivity index (χ2n) is 7.07. The minimum Gasteiger partial charge on any atom is -0.497 e. The zero-order valence-electron chi connectivity index (χ0n) is 16.3. The van der Waals surface area contributed by atoms with Crippen molar-refractivity contribution in [3.8, 4) is 5.75 Å². The first-order valence-corrected chi connectivity index (χ1v) is 9.90. The zero-order chi connectivity index (χ0) is 19.9. The average Bonchev–Trinajstić information content (AvgIpc) is 2.73. The number of likely N-dealkylation sites (N-methyl/N-ethyl adjacent to an activating group) is 1. The summed E-state index contributed by atoms with van der Waals surface area (Å²) in [6.45, 7) is 0. The van der Waals surface area contributed by atoms with Crippen LogP contribution in [0.1, 0.15) is 31.2 Å². The van der Waals surface area contributed by atoms with Crippen molar-refractivity contribution in [2.45, 2.75) is 44.2 Å². The topological polar surface area (TPSA) is 76.7 Å². The van der Waals surface area contributed by atoms with Crippen LogP contribution < -0.4 is 15.4 Å². The average molecular weight is 395 g/mol. The number of benzene rings is 1. The molecule has 0 heterocycles. The molecule has 0 spiro atoms. The molecule has 1 aliphatic carbocycles. The Bertz CT molecular complexity index is 627. The molecular formula is C20H30N2O4S. The van der Waals surface area contributed by atoms with E-state index >= 15 is 0 Å². The lowest BCUT2D eigenvalue weighted by molar-refractivity contribution is -0.136. The fourth-order valence-electron chi connectivity index (χ4n) is 3.53. The van der Waals surface area contributed by atoms with Gasteiger partial charge >= 0.3 is 0 Å². The number of nitrogens with one attached hydrogen (secondary N) is 2. The number of rotatable bonds is 8. The second-order valence-corrected chi connectivity index (χ2v) is 7.38. The molecular weight excluding hydrogens is 364 g/mol. The van der Waals surface area contributed by atoms with Crippen molar-refractivity contribution in [3.63, 3.8) is 0 Å². The predicted molar refractivity (Wildman–Crippen MR) is 108 cm³/mol. The number of carbonyl (C=O) groups excluding carboxylic acids is 2. The number of hydrogen-bond donors (Lipinski definition) is 3. The quantitative estimate of drug-likeness (QED) is 0.589. The molecule has 1 atom stereocenters. The standard InChI is InChI=1S/C20H30N2O4S/c1-21-18(23)17(12-14-4-6-15(25-2)7-5-14)22-19(24)20(13-27)10-8-16(26-3)9-11-20/h4-7,16-17,27H,8-13H2,1-3H3,(H,21,23)(H,22,24). The van der Waals surface area contributed by atoms with E-state index in [9.17, 15) is 9.59 Å². The van der Waals surface area contributed by atoms with Gasteiger partial charge in [-0.3, -0.25) is 9.59 Å². The Labute approximate surface area is 166 Å². The highest BCUT2D eigenvalue weighted by atomic mass is 32.1. The third-order valence-corrected chi connectivity index (χ3v) is 6.08. The van der Waals surface area contributed by atoms with E-state index in [4.69, 9.17) is 9.47 Å². The van der Waals surface area contributed by atoms with Gasteiger partial charge in [0.05, 0.1) is 18.6 Å². The number of thiol groups is 1. The maximum Gasteiger partial charge on any atom is 0.242 e. The van der Waals surface area contributed by atoms with Gasteiger partial charge in [-0.2, -0.15) is 12.6 Å². The van der Waals surface area contributed by atoms with Gasteiger partial charge in [0.15, 0.2) is 0 Å². The summed E-state index contributed by atoms with van der Waals surface area (Å²) in [4.78, 5) is 25.4. The lowest BCUT2D eigenvalue weighted by Crippen LogP contribution is -2.53. The van der Waals surface area contributed by atoms with Crippen LogP contribution in [0, 0.1) is 5.41 Å². The van der Waals surface area contributed by atoms with Gasteiger partial charge in [0.2, 0.25) is 11.8 Å². The normalized spacial score (nSPS) is 23.3. The second kappa shape index (κ2) is 9.99. The van der Waals surface area contributed by atoms with E-state index in [0.29, 0.717) is 25.0 Å². The van der Waals surface area contributed by atoms with Gasteiger partial charge in [-0.25, -0.2) is 0 Å². The molecule has 0 aromatic heterocycles. The highest BCUT2D eigenvalue weighted by Crippen LogP contribution is 2.38. The zero-order valence-corrected chi connectivity index (χ0v) is 17.2. The van der Waals surface area contributed by atoms with Crippen LogP contribution in [-0.4, -0.2) is 51.0 Å². The molecule has 2 N–H and O–H groups in total. The number of ether oxygens (including phenoxy) is 2. The Hall–Kier alpha value is -1.73. The van der Waals surface area contributed by atoms with E-state index in [2.05, 4.69) is 23.3 Å². The van der Waals surface area contributed by atoms with E-state index in [-0.39, 0.29) is 17.9 Å². The Morgan fingerprint density at radius 3 is 2.33 bits per heavy atom. The van der Waals surface area contributed by atoms with Gasteiger partial charge in [-0.05, 0) is 43.4 Å². The van der Waals surface area contributed by atoms with Crippen LogP contribution >= 0.6 is 12.6 Å². The van der Waals surface area contributed by atoms with Crippen molar-refractivity contribution in [1.29, 1.82) is 0 Å². The van der Waals surface area contributed by atoms with Crippen LogP contribution in [0.4, 0.5) is 0 Å². The summed E-state index contributed by atoms with van der Waals surface area (Å²) in [5.41, 5.74) is 0.400. The van der Waals surface area contributed by atoms with Gasteiger partial charge < -0.3 is 20.1 Å². The minimum absolute atomic E-state index is 0.103. The van der Waals surface area contributed by atoms with Crippen molar-refractivity contribution >= 4 is 24.4 Å². The minimum atomic E-state index is -0.632. The number of hydrogen-bond acceptors (Lipinski definition) is 5. The van der Waals surface area contributed by atoms with Gasteiger partial charge in [0.1, 0.15) is 11.8 Å². The molecule has 7 heteroatoms. The van der Waals surface area contributed by atoms with Crippen LogP contribution in [0.25, 0.3) is 0 Å². The molecule has 1 fully saturated rings. The molecule has 150 valence electrons. The van der Waals surface area contributed by atoms with E-state index in [1.54, 1.807) is 21.3 Å². The third kappa shape index (κ3) is 5.39. The molecule has 1 aromatic carbocycles. The fraction of sp³-hybridized carbons (Fsp3) is 0.600. The van der Waals surface area contributed by atoms with Crippen molar-refractivity contribution in [3.05, 3.63) is 29.8 Å². The molecule has 2 rings (SSSR count). The Morgan fingerprint density at radius 2 is 1.85 bits per heavy atom. The highest BCUT2D eigenvalue weighted by molar-refractivity contribution is 7.80. The van der Waals surface area contributed by atoms with Gasteiger partial charge in [0.25, 0.3) is 0 Å². The molecule has 1 aliphatic rings. The molecule has 1 aromatic rings. The molecule has 6 nitrogen and oxygen atoms in total. The molecule has 0 radical (unpaired) electrons. The first-order chi connectivity index (χ1) is 13.0. The maximum absolute atomic E-state index is 13.1. The van der Waals surface area contributed by atoms with Gasteiger partial charge in [0, 0.05) is 26.3 Å². The van der Waals surface area contributed by atoms with Crippen molar-refractivity contribution < 1.29 is 19.1 Å². The summed E-state index contributed by atoms with van der Waals surface area (Å²) in [5, 5.41) is 5.61. The smallest absolute Gasteiger partial charge is 0.242 e. The first-order valence-electron chi connectivity index (χ1n) is 9.27. The van der Waals surface area contributed by atoms with Crippen molar-refractivity contribution in [2.75, 3.05) is 27.0 Å². The summed E-state index contributed by atoms with van der Waals surface area (Å²) in [6.07, 6.45) is 3.69. The molecule has 0 aliphatic heterocycles. The summed E-state index contributed by atoms with van der Waals surface area (Å²) in [5.74, 6) is 0.898. The number of amides is 2. The van der Waals surface area contributed by atoms with E-state index in [0.717, 1.165) is 24.2 Å². The molecule has 0 bridgehead atoms. The van der Waals surface area contributed by atoms with E-state index < -0.39 is 11.5 Å². The lowest BCUT2D eigenvalue weighted by Gasteiger charge is -2.38. The van der Waals surface area contributed by atoms with Crippen LogP contribution in [0.2, 0.25) is 0 Å². The fourth-order valence-corrected chi connectivity index (χ4v) is 3.99. The summed E-state index contributed by atoms with van der Waals surface area (Å²) in [7, 11) is 4.89. The summed E-state index contributed by atoms with van der Waals surface area (Å²) >= 11 is 4.45. The van der Waals surface area contributed by atoms with E-state index in [1.807, 2.05) is 24.3 Å². The van der Waals surface area contributed by atoms with Crippen LogP contribution in [0.3, 0.4) is 0 Å². The SMILES string of the molecule is CNC(=O)C(Cc1ccc(OC)cc1)NC(=O)C1(CS)CCC(OC)CC1. The molecule has 2 amide bonds. The Kier molecular flexibility index (Phi) is 7.98. The first kappa shape index (κ1) is 21.6. The summed E-state index contributed by atoms with van der Waals surface area (Å²) in [6, 6.07) is 6.87. The Balaban J connectivity index is 2.09. The Morgan fingerprint density at radius 1 is 1.22 bits per heavy atom. The molecule has 1 saturated carbocycles. The van der Waals surface area contributed by atoms with Crippen LogP contribution in [0.5, 0.6) is 5.75 Å². The lowest BCUT2D eigenvalue weighted by atomic mass is 9.73. The van der Waals surface area contributed by atoms with E-state index in [1.165, 1.54) is 0 Å². The van der Waals surface area contributed by atoms with Gasteiger partial charge in [-0.1, -0.05) is 12.1 Å². The van der Waals surface area contributed by atoms with Crippen molar-refractivity contribution in [1.82, 2.24) is 10.6 Å². The number of methoxy groups -OCH3 is 2. The monoisotopic (exact) mass is 394 g/mol. The maximum atomic E-state index is 13.1.